The van der Waals surface area contributed by atoms with Crippen LogP contribution in [0.1, 0.15) is 22.8 Å². The molecule has 26 heavy (non-hydrogen) atoms. The van der Waals surface area contributed by atoms with Crippen molar-refractivity contribution in [1.82, 2.24) is 4.47 Å². The maximum atomic E-state index is 12.3. The number of sulfonamides is 1. The summed E-state index contributed by atoms with van der Waals surface area (Å²) in [7, 11) is -1.33. The molecule has 0 aromatic heterocycles. The highest BCUT2D eigenvalue weighted by molar-refractivity contribution is 7.89. The molecule has 0 N–H and O–H groups in total. The highest BCUT2D eigenvalue weighted by Crippen LogP contribution is 2.20. The Balaban J connectivity index is 2.15. The normalized spacial score (nSPS) is 11.4. The summed E-state index contributed by atoms with van der Waals surface area (Å²) >= 11 is 0. The zero-order chi connectivity index (χ0) is 19.2. The lowest BCUT2D eigenvalue weighted by Crippen LogP contribution is -2.25. The van der Waals surface area contributed by atoms with Gasteiger partial charge < -0.3 is 9.47 Å². The Hall–Kier alpha value is -2.42. The molecule has 2 aromatic carbocycles. The number of para-hydroxylation sites is 1. The van der Waals surface area contributed by atoms with Gasteiger partial charge >= 0.3 is 5.97 Å². The van der Waals surface area contributed by atoms with Crippen LogP contribution in [-0.4, -0.2) is 39.6 Å². The number of rotatable bonds is 8. The van der Waals surface area contributed by atoms with E-state index in [2.05, 4.69) is 0 Å². The maximum absolute atomic E-state index is 12.3. The minimum Gasteiger partial charge on any atom is -0.493 e. The van der Waals surface area contributed by atoms with E-state index in [1.165, 1.54) is 38.4 Å². The van der Waals surface area contributed by atoms with E-state index >= 15 is 0 Å². The van der Waals surface area contributed by atoms with Gasteiger partial charge in [-0.15, -0.1) is 0 Å². The third-order valence-corrected chi connectivity index (χ3v) is 5.27. The van der Waals surface area contributed by atoms with Gasteiger partial charge in [0, 0.05) is 12.6 Å². The molecule has 0 saturated carbocycles. The van der Waals surface area contributed by atoms with Gasteiger partial charge in [-0.05, 0) is 31.2 Å². The second-order valence-electron chi connectivity index (χ2n) is 5.24. The molecule has 7 nitrogen and oxygen atoms in total. The Morgan fingerprint density at radius 1 is 1.12 bits per heavy atom. The molecule has 2 aromatic rings. The molecule has 0 fully saturated rings. The number of carbonyl (C=O) groups excluding carboxylic acids is 1. The van der Waals surface area contributed by atoms with Gasteiger partial charge in [0.2, 0.25) is 0 Å². The van der Waals surface area contributed by atoms with Crippen molar-refractivity contribution < 1.29 is 27.5 Å². The average molecular weight is 379 g/mol. The van der Waals surface area contributed by atoms with Crippen LogP contribution in [0, 0.1) is 0 Å². The van der Waals surface area contributed by atoms with Crippen molar-refractivity contribution in [3.05, 3.63) is 59.7 Å². The fraction of sp³-hybridized carbons (Fsp3) is 0.278. The predicted molar refractivity (Wildman–Crippen MR) is 95.1 cm³/mol. The van der Waals surface area contributed by atoms with Crippen LogP contribution < -0.4 is 4.74 Å². The van der Waals surface area contributed by atoms with E-state index in [0.29, 0.717) is 12.4 Å². The first-order valence-corrected chi connectivity index (χ1v) is 9.35. The molecule has 0 aliphatic rings. The molecule has 0 spiro atoms. The van der Waals surface area contributed by atoms with Crippen molar-refractivity contribution in [1.29, 1.82) is 0 Å². The van der Waals surface area contributed by atoms with Crippen molar-refractivity contribution in [3.8, 4) is 5.75 Å². The van der Waals surface area contributed by atoms with Crippen molar-refractivity contribution >= 4 is 16.0 Å². The summed E-state index contributed by atoms with van der Waals surface area (Å²) in [4.78, 5) is 17.0. The molecule has 0 atom stereocenters. The van der Waals surface area contributed by atoms with Crippen LogP contribution in [0.4, 0.5) is 0 Å². The zero-order valence-electron chi connectivity index (χ0n) is 14.8. The van der Waals surface area contributed by atoms with Crippen LogP contribution in [0.15, 0.2) is 53.4 Å². The molecule has 0 radical (unpaired) electrons. The molecule has 0 unspecified atom stereocenters. The Morgan fingerprint density at radius 2 is 1.85 bits per heavy atom. The zero-order valence-corrected chi connectivity index (χ0v) is 15.7. The number of esters is 1. The Morgan fingerprint density at radius 3 is 2.54 bits per heavy atom. The van der Waals surface area contributed by atoms with Crippen molar-refractivity contribution in [2.75, 3.05) is 20.8 Å². The lowest BCUT2D eigenvalue weighted by molar-refractivity contribution is -0.0258. The molecule has 140 valence electrons. The SMILES string of the molecule is CCOc1ccccc1COC(=O)c1cccc(S(=O)(=O)N(C)OC)c1. The number of nitrogens with zero attached hydrogens (tertiary/aromatic N) is 1. The summed E-state index contributed by atoms with van der Waals surface area (Å²) in [5.74, 6) is 0.00858. The van der Waals surface area contributed by atoms with Crippen LogP contribution in [0.3, 0.4) is 0 Å². The van der Waals surface area contributed by atoms with Crippen LogP contribution in [0.5, 0.6) is 5.75 Å². The van der Waals surface area contributed by atoms with Gasteiger partial charge in [0.25, 0.3) is 10.0 Å². The molecule has 2 rings (SSSR count). The molecule has 0 aliphatic carbocycles. The third-order valence-electron chi connectivity index (χ3n) is 3.59. The topological polar surface area (TPSA) is 82.1 Å². The minimum absolute atomic E-state index is 0.0178. The fourth-order valence-corrected chi connectivity index (χ4v) is 3.20. The molecule has 8 heteroatoms. The first kappa shape index (κ1) is 19.9. The quantitative estimate of drug-likeness (QED) is 0.518. The maximum Gasteiger partial charge on any atom is 0.338 e. The Labute approximate surface area is 153 Å². The van der Waals surface area contributed by atoms with Crippen LogP contribution in [0.2, 0.25) is 0 Å². The average Bonchev–Trinajstić information content (AvgIpc) is 2.66. The first-order valence-electron chi connectivity index (χ1n) is 7.91. The number of ether oxygens (including phenoxy) is 2. The van der Waals surface area contributed by atoms with E-state index in [0.717, 1.165) is 10.0 Å². The molecule has 0 heterocycles. The van der Waals surface area contributed by atoms with Crippen LogP contribution in [-0.2, 0) is 26.2 Å². The molecule has 0 amide bonds. The summed E-state index contributed by atoms with van der Waals surface area (Å²) in [6, 6.07) is 12.8. The highest BCUT2D eigenvalue weighted by atomic mass is 32.2. The molecule has 0 aliphatic heterocycles. The van der Waals surface area contributed by atoms with Crippen molar-refractivity contribution in [2.24, 2.45) is 0 Å². The summed E-state index contributed by atoms with van der Waals surface area (Å²) < 4.78 is 36.0. The number of benzene rings is 2. The number of hydrogen-bond donors (Lipinski definition) is 0. The molecule has 0 bridgehead atoms. The molecule has 0 saturated heterocycles. The van der Waals surface area contributed by atoms with Gasteiger partial charge in [0.15, 0.2) is 0 Å². The smallest absolute Gasteiger partial charge is 0.338 e. The minimum atomic E-state index is -3.84. The van der Waals surface area contributed by atoms with Gasteiger partial charge in [0.05, 0.1) is 24.2 Å². The van der Waals surface area contributed by atoms with E-state index in [-0.39, 0.29) is 17.1 Å². The molecular formula is C18H21NO6S. The second-order valence-corrected chi connectivity index (χ2v) is 7.18. The van der Waals surface area contributed by atoms with Gasteiger partial charge in [-0.1, -0.05) is 28.7 Å². The standard InChI is InChI=1S/C18H21NO6S/c1-4-24-17-11-6-5-8-15(17)13-25-18(20)14-9-7-10-16(12-14)26(21,22)19(2)23-3/h5-12H,4,13H2,1-3H3. The third kappa shape index (κ3) is 4.60. The summed E-state index contributed by atoms with van der Waals surface area (Å²) in [5, 5.41) is 0. The largest absolute Gasteiger partial charge is 0.493 e. The van der Waals surface area contributed by atoms with Gasteiger partial charge in [0.1, 0.15) is 12.4 Å². The predicted octanol–water partition coefficient (Wildman–Crippen LogP) is 2.62. The van der Waals surface area contributed by atoms with E-state index in [9.17, 15) is 13.2 Å². The van der Waals surface area contributed by atoms with E-state index in [1.807, 2.05) is 19.1 Å². The van der Waals surface area contributed by atoms with E-state index < -0.39 is 16.0 Å². The first-order chi connectivity index (χ1) is 12.4. The fourth-order valence-electron chi connectivity index (χ4n) is 2.18. The lowest BCUT2D eigenvalue weighted by Gasteiger charge is -2.14. The number of carbonyl (C=O) groups is 1. The highest BCUT2D eigenvalue weighted by Gasteiger charge is 2.22. The van der Waals surface area contributed by atoms with E-state index in [4.69, 9.17) is 14.3 Å². The van der Waals surface area contributed by atoms with Gasteiger partial charge in [-0.3, -0.25) is 4.84 Å². The van der Waals surface area contributed by atoms with Gasteiger partial charge in [-0.25, -0.2) is 13.2 Å². The Kier molecular flexibility index (Phi) is 6.73. The second kappa shape index (κ2) is 8.79. The van der Waals surface area contributed by atoms with Crippen LogP contribution >= 0.6 is 0 Å². The number of hydrogen-bond acceptors (Lipinski definition) is 6. The van der Waals surface area contributed by atoms with Crippen molar-refractivity contribution in [3.63, 3.8) is 0 Å². The monoisotopic (exact) mass is 379 g/mol. The summed E-state index contributed by atoms with van der Waals surface area (Å²) in [6.07, 6.45) is 0. The van der Waals surface area contributed by atoms with Crippen molar-refractivity contribution in [2.45, 2.75) is 18.4 Å². The van der Waals surface area contributed by atoms with Gasteiger partial charge in [-0.2, -0.15) is 0 Å². The lowest BCUT2D eigenvalue weighted by atomic mass is 10.2. The Bertz CT molecular complexity index is 865. The summed E-state index contributed by atoms with van der Waals surface area (Å²) in [5.41, 5.74) is 0.857. The summed E-state index contributed by atoms with van der Waals surface area (Å²) in [6.45, 7) is 2.38. The molecular weight excluding hydrogens is 358 g/mol. The van der Waals surface area contributed by atoms with Crippen LogP contribution in [0.25, 0.3) is 0 Å². The van der Waals surface area contributed by atoms with E-state index in [1.54, 1.807) is 12.1 Å². The number of hydroxylamine groups is 1.